The molecule has 1 aromatic rings. The molecular formula is C13H13ClN2O3. The number of amides is 1. The van der Waals surface area contributed by atoms with Gasteiger partial charge in [-0.15, -0.1) is 11.6 Å². The first-order valence-electron chi connectivity index (χ1n) is 5.83. The average molecular weight is 281 g/mol. The third-order valence-corrected chi connectivity index (χ3v) is 3.42. The smallest absolute Gasteiger partial charge is 0.269 e. The van der Waals surface area contributed by atoms with Crippen molar-refractivity contribution in [2.24, 2.45) is 0 Å². The molecule has 0 N–H and O–H groups in total. The van der Waals surface area contributed by atoms with Crippen LogP contribution in [0.1, 0.15) is 12.0 Å². The summed E-state index contributed by atoms with van der Waals surface area (Å²) in [6.45, 7) is 4.14. The fraction of sp³-hybridized carbons (Fsp3) is 0.308. The lowest BCUT2D eigenvalue weighted by Crippen LogP contribution is -2.36. The number of carbonyl (C=O) groups excluding carboxylic acids is 1. The predicted molar refractivity (Wildman–Crippen MR) is 73.6 cm³/mol. The summed E-state index contributed by atoms with van der Waals surface area (Å²) in [5.74, 6) is 0.277. The SMILES string of the molecule is C=C(CCl)CN1C(=O)CCc2cc([N+](=O)[O-])ccc21. The summed E-state index contributed by atoms with van der Waals surface area (Å²) in [7, 11) is 0. The number of hydrogen-bond donors (Lipinski definition) is 0. The summed E-state index contributed by atoms with van der Waals surface area (Å²) >= 11 is 5.69. The van der Waals surface area contributed by atoms with Crippen molar-refractivity contribution < 1.29 is 9.72 Å². The minimum Gasteiger partial charge on any atom is -0.308 e. The number of nitro groups is 1. The van der Waals surface area contributed by atoms with Crippen LogP contribution in [0.5, 0.6) is 0 Å². The molecule has 1 amide bonds. The van der Waals surface area contributed by atoms with Crippen LogP contribution in [0.3, 0.4) is 0 Å². The van der Waals surface area contributed by atoms with E-state index >= 15 is 0 Å². The summed E-state index contributed by atoms with van der Waals surface area (Å²) in [6.07, 6.45) is 0.878. The van der Waals surface area contributed by atoms with Crippen LogP contribution in [0.4, 0.5) is 11.4 Å². The van der Waals surface area contributed by atoms with Crippen molar-refractivity contribution in [3.63, 3.8) is 0 Å². The van der Waals surface area contributed by atoms with Gasteiger partial charge in [0.1, 0.15) is 0 Å². The average Bonchev–Trinajstić information content (AvgIpc) is 2.41. The Morgan fingerprint density at radius 1 is 1.47 bits per heavy atom. The van der Waals surface area contributed by atoms with Crippen molar-refractivity contribution >= 4 is 28.9 Å². The number of alkyl halides is 1. The molecule has 0 fully saturated rings. The van der Waals surface area contributed by atoms with Crippen LogP contribution >= 0.6 is 11.6 Å². The number of aryl methyl sites for hydroxylation is 1. The zero-order chi connectivity index (χ0) is 14.0. The first-order chi connectivity index (χ1) is 9.02. The van der Waals surface area contributed by atoms with E-state index in [0.29, 0.717) is 25.1 Å². The summed E-state index contributed by atoms with van der Waals surface area (Å²) in [6, 6.07) is 4.55. The van der Waals surface area contributed by atoms with Gasteiger partial charge in [-0.25, -0.2) is 0 Å². The van der Waals surface area contributed by atoms with E-state index in [4.69, 9.17) is 11.6 Å². The minimum absolute atomic E-state index is 0.00683. The van der Waals surface area contributed by atoms with Crippen LogP contribution in [0, 0.1) is 10.1 Å². The molecule has 6 heteroatoms. The molecule has 0 aliphatic carbocycles. The molecule has 1 aromatic carbocycles. The van der Waals surface area contributed by atoms with Crippen LogP contribution in [0.15, 0.2) is 30.4 Å². The Kier molecular flexibility index (Phi) is 3.85. The molecule has 5 nitrogen and oxygen atoms in total. The first-order valence-corrected chi connectivity index (χ1v) is 6.36. The van der Waals surface area contributed by atoms with Crippen molar-refractivity contribution in [3.8, 4) is 0 Å². The zero-order valence-electron chi connectivity index (χ0n) is 10.3. The van der Waals surface area contributed by atoms with Crippen LogP contribution in [-0.4, -0.2) is 23.3 Å². The molecule has 1 heterocycles. The van der Waals surface area contributed by atoms with Gasteiger partial charge in [0, 0.05) is 36.7 Å². The van der Waals surface area contributed by atoms with E-state index in [-0.39, 0.29) is 17.5 Å². The summed E-state index contributed by atoms with van der Waals surface area (Å²) < 4.78 is 0. The number of nitrogens with zero attached hydrogens (tertiary/aromatic N) is 2. The van der Waals surface area contributed by atoms with Gasteiger partial charge in [0.15, 0.2) is 0 Å². The lowest BCUT2D eigenvalue weighted by molar-refractivity contribution is -0.384. The fourth-order valence-corrected chi connectivity index (χ4v) is 2.18. The van der Waals surface area contributed by atoms with Gasteiger partial charge in [-0.3, -0.25) is 14.9 Å². The molecule has 0 spiro atoms. The Hall–Kier alpha value is -1.88. The minimum atomic E-state index is -0.432. The molecule has 2 rings (SSSR count). The van der Waals surface area contributed by atoms with Crippen molar-refractivity contribution in [1.82, 2.24) is 0 Å². The molecule has 1 aliphatic heterocycles. The number of carbonyl (C=O) groups is 1. The maximum Gasteiger partial charge on any atom is 0.269 e. The van der Waals surface area contributed by atoms with E-state index in [1.807, 2.05) is 0 Å². The second-order valence-corrected chi connectivity index (χ2v) is 4.70. The second kappa shape index (κ2) is 5.40. The maximum absolute atomic E-state index is 11.9. The van der Waals surface area contributed by atoms with Crippen molar-refractivity contribution in [3.05, 3.63) is 46.0 Å². The van der Waals surface area contributed by atoms with Gasteiger partial charge in [0.2, 0.25) is 5.91 Å². The predicted octanol–water partition coefficient (Wildman–Crippen LogP) is 2.67. The molecule has 19 heavy (non-hydrogen) atoms. The molecule has 0 unspecified atom stereocenters. The molecular weight excluding hydrogens is 268 g/mol. The topological polar surface area (TPSA) is 63.5 Å². The monoisotopic (exact) mass is 280 g/mol. The van der Waals surface area contributed by atoms with E-state index < -0.39 is 4.92 Å². The maximum atomic E-state index is 11.9. The van der Waals surface area contributed by atoms with E-state index in [1.165, 1.54) is 12.1 Å². The van der Waals surface area contributed by atoms with E-state index in [9.17, 15) is 14.9 Å². The molecule has 100 valence electrons. The Bertz CT molecular complexity index is 557. The molecule has 0 saturated carbocycles. The van der Waals surface area contributed by atoms with Crippen LogP contribution in [-0.2, 0) is 11.2 Å². The van der Waals surface area contributed by atoms with Crippen LogP contribution in [0.2, 0.25) is 0 Å². The summed E-state index contributed by atoms with van der Waals surface area (Å²) in [5.41, 5.74) is 2.31. The Balaban J connectivity index is 2.36. The summed E-state index contributed by atoms with van der Waals surface area (Å²) in [5, 5.41) is 10.8. The van der Waals surface area contributed by atoms with E-state index in [1.54, 1.807) is 11.0 Å². The lowest BCUT2D eigenvalue weighted by Gasteiger charge is -2.29. The molecule has 0 bridgehead atoms. The van der Waals surface area contributed by atoms with Crippen molar-refractivity contribution in [1.29, 1.82) is 0 Å². The van der Waals surface area contributed by atoms with Gasteiger partial charge in [0.05, 0.1) is 4.92 Å². The third-order valence-electron chi connectivity index (χ3n) is 3.04. The third kappa shape index (κ3) is 2.76. The fourth-order valence-electron chi connectivity index (χ4n) is 2.10. The molecule has 0 atom stereocenters. The lowest BCUT2D eigenvalue weighted by atomic mass is 10.00. The number of anilines is 1. The van der Waals surface area contributed by atoms with E-state index in [0.717, 1.165) is 11.1 Å². The van der Waals surface area contributed by atoms with Crippen molar-refractivity contribution in [2.45, 2.75) is 12.8 Å². The Labute approximate surface area is 115 Å². The van der Waals surface area contributed by atoms with Gasteiger partial charge in [-0.2, -0.15) is 0 Å². The number of benzene rings is 1. The second-order valence-electron chi connectivity index (χ2n) is 4.43. The number of halogens is 1. The quantitative estimate of drug-likeness (QED) is 0.369. The van der Waals surface area contributed by atoms with Gasteiger partial charge in [0.25, 0.3) is 5.69 Å². The van der Waals surface area contributed by atoms with E-state index in [2.05, 4.69) is 6.58 Å². The number of rotatable bonds is 4. The van der Waals surface area contributed by atoms with Gasteiger partial charge >= 0.3 is 0 Å². The number of nitro benzene ring substituents is 1. The van der Waals surface area contributed by atoms with Crippen LogP contribution in [0.25, 0.3) is 0 Å². The highest BCUT2D eigenvalue weighted by molar-refractivity contribution is 6.19. The Morgan fingerprint density at radius 3 is 2.84 bits per heavy atom. The highest BCUT2D eigenvalue weighted by Crippen LogP contribution is 2.31. The van der Waals surface area contributed by atoms with Gasteiger partial charge in [-0.1, -0.05) is 6.58 Å². The largest absolute Gasteiger partial charge is 0.308 e. The standard InChI is InChI=1S/C13H13ClN2O3/c1-9(7-14)8-15-12-4-3-11(16(18)19)6-10(12)2-5-13(15)17/h3-4,6H,1-2,5,7-8H2. The molecule has 0 radical (unpaired) electrons. The van der Waals surface area contributed by atoms with Crippen molar-refractivity contribution in [2.75, 3.05) is 17.3 Å². The molecule has 0 saturated heterocycles. The van der Waals surface area contributed by atoms with Gasteiger partial charge < -0.3 is 4.90 Å². The zero-order valence-corrected chi connectivity index (χ0v) is 11.0. The Morgan fingerprint density at radius 2 is 2.21 bits per heavy atom. The highest BCUT2D eigenvalue weighted by atomic mass is 35.5. The first kappa shape index (κ1) is 13.5. The summed E-state index contributed by atoms with van der Waals surface area (Å²) in [4.78, 5) is 23.8. The number of fused-ring (bicyclic) bond motifs is 1. The molecule has 0 aromatic heterocycles. The molecule has 1 aliphatic rings. The number of hydrogen-bond acceptors (Lipinski definition) is 3. The van der Waals surface area contributed by atoms with Crippen LogP contribution < -0.4 is 4.90 Å². The highest BCUT2D eigenvalue weighted by Gasteiger charge is 2.25. The normalized spacial score (nSPS) is 14.2. The van der Waals surface area contributed by atoms with Gasteiger partial charge in [-0.05, 0) is 23.6 Å². The number of non-ortho nitro benzene ring substituents is 1.